The summed E-state index contributed by atoms with van der Waals surface area (Å²) in [6, 6.07) is 4.90. The lowest BCUT2D eigenvalue weighted by atomic mass is 9.49. The molecule has 2 fully saturated rings. The van der Waals surface area contributed by atoms with Gasteiger partial charge in [0.1, 0.15) is 16.8 Å². The number of benzene rings is 1. The fraction of sp³-hybridized carbons (Fsp3) is 0.710. The minimum atomic E-state index is -1.68. The Morgan fingerprint density at radius 2 is 1.54 bits per heavy atom. The van der Waals surface area contributed by atoms with E-state index in [1.807, 2.05) is 34.6 Å². The topological polar surface area (TPSA) is 60.4 Å². The summed E-state index contributed by atoms with van der Waals surface area (Å²) in [6.07, 6.45) is 3.00. The van der Waals surface area contributed by atoms with Crippen molar-refractivity contribution in [3.05, 3.63) is 23.3 Å². The molecule has 1 spiro atoms. The summed E-state index contributed by atoms with van der Waals surface area (Å²) >= 11 is 0. The second-order valence-electron chi connectivity index (χ2n) is 15.5. The monoisotopic (exact) mass is 540 g/mol. The number of ether oxygens (including phenoxy) is 1. The molecule has 0 amide bonds. The quantitative estimate of drug-likeness (QED) is 0.272. The molecule has 0 heterocycles. The zero-order chi connectivity index (χ0) is 27.9. The molecule has 0 aliphatic heterocycles. The van der Waals surface area contributed by atoms with Gasteiger partial charge in [-0.05, 0) is 63.5 Å². The van der Waals surface area contributed by atoms with Crippen LogP contribution in [-0.2, 0) is 25.5 Å². The second kappa shape index (κ2) is 8.74. The standard InChI is InChI=1S/C31H48O4Si2/c1-19(2)27(33)31(28(34)35-29(3,4)5)18-21-17-30(31)13-12-20-14-25(36(6,7)8)26(37(9,10)11)15-22(20)23(30)16-24(21)32/h14-15,19,21,23H,12-13,16-18H2,1-11H3/t21-,23+,30-,31-/m1/s1. The number of Topliss-reactive ketones (excluding diaryl/α,β-unsaturated/α-hetero) is 2. The van der Waals surface area contributed by atoms with Crippen LogP contribution in [-0.4, -0.2) is 39.3 Å². The Bertz CT molecular complexity index is 1150. The molecule has 2 saturated carbocycles. The summed E-state index contributed by atoms with van der Waals surface area (Å²) < 4.78 is 6.05. The molecular weight excluding hydrogens is 493 g/mol. The van der Waals surface area contributed by atoms with Crippen LogP contribution in [0.3, 0.4) is 0 Å². The third kappa shape index (κ3) is 4.44. The maximum atomic E-state index is 14.2. The van der Waals surface area contributed by atoms with Crippen LogP contribution < -0.4 is 10.4 Å². The molecule has 6 heteroatoms. The van der Waals surface area contributed by atoms with Gasteiger partial charge in [0.05, 0.1) is 16.1 Å². The third-order valence-electron chi connectivity index (χ3n) is 9.34. The molecule has 204 valence electrons. The van der Waals surface area contributed by atoms with E-state index in [1.54, 1.807) is 5.19 Å². The van der Waals surface area contributed by atoms with Crippen molar-refractivity contribution in [2.24, 2.45) is 22.7 Å². The van der Waals surface area contributed by atoms with Crippen LogP contribution >= 0.6 is 0 Å². The van der Waals surface area contributed by atoms with Crippen molar-refractivity contribution in [3.63, 3.8) is 0 Å². The molecule has 4 atom stereocenters. The number of carbonyl (C=O) groups excluding carboxylic acids is 3. The Morgan fingerprint density at radius 3 is 2.05 bits per heavy atom. The first-order valence-electron chi connectivity index (χ1n) is 14.2. The van der Waals surface area contributed by atoms with Crippen molar-refractivity contribution >= 4 is 44.1 Å². The van der Waals surface area contributed by atoms with Crippen molar-refractivity contribution in [2.75, 3.05) is 0 Å². The maximum Gasteiger partial charge on any atom is 0.320 e. The molecular formula is C31H48O4Si2. The van der Waals surface area contributed by atoms with E-state index in [9.17, 15) is 14.4 Å². The van der Waals surface area contributed by atoms with Crippen LogP contribution in [0.1, 0.15) is 77.3 Å². The van der Waals surface area contributed by atoms with Crippen LogP contribution in [0.2, 0.25) is 39.3 Å². The van der Waals surface area contributed by atoms with Gasteiger partial charge in [-0.3, -0.25) is 14.4 Å². The first-order valence-corrected chi connectivity index (χ1v) is 21.2. The zero-order valence-electron chi connectivity index (χ0n) is 25.1. The highest BCUT2D eigenvalue weighted by molar-refractivity contribution is 6.98. The lowest BCUT2D eigenvalue weighted by Crippen LogP contribution is -2.59. The van der Waals surface area contributed by atoms with E-state index < -0.39 is 38.5 Å². The fourth-order valence-corrected chi connectivity index (χ4v) is 13.0. The van der Waals surface area contributed by atoms with Crippen LogP contribution in [0.5, 0.6) is 0 Å². The zero-order valence-corrected chi connectivity index (χ0v) is 27.1. The van der Waals surface area contributed by atoms with E-state index in [0.29, 0.717) is 19.3 Å². The second-order valence-corrected chi connectivity index (χ2v) is 25.6. The molecule has 3 aliphatic rings. The number of rotatable bonds is 5. The molecule has 37 heavy (non-hydrogen) atoms. The Balaban J connectivity index is 1.99. The number of aryl methyl sites for hydroxylation is 1. The SMILES string of the molecule is CC(C)C(=O)[C@@]1(C(=O)OC(C)(C)C)C[C@H]2C[C@@]13CCc1cc([Si](C)(C)C)c([Si](C)(C)C)cc1[C@@H]3CC2=O. The first kappa shape index (κ1) is 28.5. The highest BCUT2D eigenvalue weighted by Crippen LogP contribution is 2.70. The molecule has 2 bridgehead atoms. The van der Waals surface area contributed by atoms with Crippen molar-refractivity contribution in [3.8, 4) is 0 Å². The van der Waals surface area contributed by atoms with Gasteiger partial charge in [-0.15, -0.1) is 0 Å². The van der Waals surface area contributed by atoms with E-state index in [0.717, 1.165) is 12.8 Å². The Morgan fingerprint density at radius 1 is 0.973 bits per heavy atom. The molecule has 0 saturated heterocycles. The minimum Gasteiger partial charge on any atom is -0.459 e. The van der Waals surface area contributed by atoms with Gasteiger partial charge in [-0.1, -0.05) is 75.6 Å². The number of esters is 1. The van der Waals surface area contributed by atoms with Gasteiger partial charge in [0.15, 0.2) is 5.78 Å². The van der Waals surface area contributed by atoms with E-state index in [1.165, 1.54) is 16.3 Å². The highest BCUT2D eigenvalue weighted by Gasteiger charge is 2.73. The Hall–Kier alpha value is -1.54. The molecule has 0 aromatic heterocycles. The number of hydrogen-bond donors (Lipinski definition) is 0. The summed E-state index contributed by atoms with van der Waals surface area (Å²) in [6.45, 7) is 23.9. The van der Waals surface area contributed by atoms with Crippen LogP contribution in [0.15, 0.2) is 12.1 Å². The van der Waals surface area contributed by atoms with Crippen LogP contribution in [0.25, 0.3) is 0 Å². The van der Waals surface area contributed by atoms with E-state index in [-0.39, 0.29) is 29.3 Å². The molecule has 0 unspecified atom stereocenters. The summed E-state index contributed by atoms with van der Waals surface area (Å²) in [5, 5.41) is 3.04. The number of hydrogen-bond acceptors (Lipinski definition) is 4. The van der Waals surface area contributed by atoms with Crippen molar-refractivity contribution in [2.45, 2.75) is 118 Å². The molecule has 0 N–H and O–H groups in total. The summed E-state index contributed by atoms with van der Waals surface area (Å²) in [7, 11) is -3.27. The lowest BCUT2D eigenvalue weighted by Gasteiger charge is -2.53. The summed E-state index contributed by atoms with van der Waals surface area (Å²) in [5.41, 5.74) is 0.0642. The van der Waals surface area contributed by atoms with E-state index >= 15 is 0 Å². The molecule has 1 aromatic rings. The average Bonchev–Trinajstić information content (AvgIpc) is 3.03. The third-order valence-corrected chi connectivity index (χ3v) is 13.7. The van der Waals surface area contributed by atoms with Crippen molar-refractivity contribution in [1.82, 2.24) is 0 Å². The van der Waals surface area contributed by atoms with Gasteiger partial charge in [0.2, 0.25) is 0 Å². The van der Waals surface area contributed by atoms with Crippen LogP contribution in [0.4, 0.5) is 0 Å². The lowest BCUT2D eigenvalue weighted by molar-refractivity contribution is -0.182. The summed E-state index contributed by atoms with van der Waals surface area (Å²) in [4.78, 5) is 42.0. The molecule has 0 radical (unpaired) electrons. The highest BCUT2D eigenvalue weighted by atomic mass is 28.3. The Kier molecular flexibility index (Phi) is 6.72. The predicted molar refractivity (Wildman–Crippen MR) is 156 cm³/mol. The van der Waals surface area contributed by atoms with Crippen molar-refractivity contribution < 1.29 is 19.1 Å². The number of carbonyl (C=O) groups is 3. The molecule has 3 aliphatic carbocycles. The van der Waals surface area contributed by atoms with Gasteiger partial charge in [-0.25, -0.2) is 0 Å². The molecule has 1 aromatic carbocycles. The van der Waals surface area contributed by atoms with Gasteiger partial charge < -0.3 is 4.74 Å². The fourth-order valence-electron chi connectivity index (χ4n) is 7.78. The van der Waals surface area contributed by atoms with Gasteiger partial charge in [0.25, 0.3) is 0 Å². The number of fused-ring (bicyclic) bond motifs is 3. The first-order chi connectivity index (χ1) is 16.7. The van der Waals surface area contributed by atoms with E-state index in [2.05, 4.69) is 51.4 Å². The van der Waals surface area contributed by atoms with Gasteiger partial charge in [-0.2, -0.15) is 0 Å². The average molecular weight is 541 g/mol. The predicted octanol–water partition coefficient (Wildman–Crippen LogP) is 5.73. The normalized spacial score (nSPS) is 29.7. The molecule has 4 rings (SSSR count). The molecule has 4 nitrogen and oxygen atoms in total. The smallest absolute Gasteiger partial charge is 0.320 e. The van der Waals surface area contributed by atoms with Crippen LogP contribution in [0, 0.1) is 22.7 Å². The number of ketones is 2. The van der Waals surface area contributed by atoms with Gasteiger partial charge in [0, 0.05) is 23.7 Å². The minimum absolute atomic E-state index is 0.0310. The van der Waals surface area contributed by atoms with Crippen molar-refractivity contribution in [1.29, 1.82) is 0 Å². The maximum absolute atomic E-state index is 14.2. The Labute approximate surface area is 226 Å². The summed E-state index contributed by atoms with van der Waals surface area (Å²) in [5.74, 6) is -0.844. The largest absolute Gasteiger partial charge is 0.459 e. The van der Waals surface area contributed by atoms with Gasteiger partial charge >= 0.3 is 5.97 Å². The van der Waals surface area contributed by atoms with E-state index in [4.69, 9.17) is 4.74 Å².